The highest BCUT2D eigenvalue weighted by molar-refractivity contribution is 9.10. The average Bonchev–Trinajstić information content (AvgIpc) is 2.45. The first kappa shape index (κ1) is 15.0. The lowest BCUT2D eigenvalue weighted by Gasteiger charge is -2.32. The SMILES string of the molecule is COC1CCCN(C(=O)c2cc(Br)cc(C(=O)O)c2)C1. The van der Waals surface area contributed by atoms with E-state index in [9.17, 15) is 9.59 Å². The van der Waals surface area contributed by atoms with Crippen molar-refractivity contribution in [3.63, 3.8) is 0 Å². The van der Waals surface area contributed by atoms with E-state index in [2.05, 4.69) is 15.9 Å². The summed E-state index contributed by atoms with van der Waals surface area (Å²) < 4.78 is 5.88. The number of carboxylic acids is 1. The van der Waals surface area contributed by atoms with Crippen LogP contribution in [0.1, 0.15) is 33.6 Å². The van der Waals surface area contributed by atoms with Gasteiger partial charge < -0.3 is 14.7 Å². The van der Waals surface area contributed by atoms with Crippen molar-refractivity contribution >= 4 is 27.8 Å². The number of piperidine rings is 1. The number of hydrogen-bond donors (Lipinski definition) is 1. The average molecular weight is 342 g/mol. The molecule has 1 fully saturated rings. The van der Waals surface area contributed by atoms with E-state index in [0.717, 1.165) is 12.8 Å². The largest absolute Gasteiger partial charge is 0.478 e. The molecule has 0 spiro atoms. The quantitative estimate of drug-likeness (QED) is 0.916. The first-order valence-corrected chi connectivity index (χ1v) is 7.16. The molecule has 0 saturated carbocycles. The predicted molar refractivity (Wildman–Crippen MR) is 77.0 cm³/mol. The Bertz CT molecular complexity index is 532. The summed E-state index contributed by atoms with van der Waals surface area (Å²) >= 11 is 3.24. The fourth-order valence-electron chi connectivity index (χ4n) is 2.33. The number of aromatic carboxylic acids is 1. The van der Waals surface area contributed by atoms with Gasteiger partial charge in [-0.25, -0.2) is 4.79 Å². The van der Waals surface area contributed by atoms with Gasteiger partial charge in [-0.05, 0) is 31.0 Å². The lowest BCUT2D eigenvalue weighted by Crippen LogP contribution is -2.42. The van der Waals surface area contributed by atoms with E-state index in [0.29, 0.717) is 23.1 Å². The van der Waals surface area contributed by atoms with Gasteiger partial charge in [0, 0.05) is 30.2 Å². The van der Waals surface area contributed by atoms with Crippen molar-refractivity contribution < 1.29 is 19.4 Å². The molecule has 20 heavy (non-hydrogen) atoms. The number of methoxy groups -OCH3 is 1. The summed E-state index contributed by atoms with van der Waals surface area (Å²) in [5, 5.41) is 9.04. The van der Waals surface area contributed by atoms with Crippen LogP contribution in [0.4, 0.5) is 0 Å². The van der Waals surface area contributed by atoms with E-state index in [1.165, 1.54) is 12.1 Å². The summed E-state index contributed by atoms with van der Waals surface area (Å²) in [7, 11) is 1.64. The van der Waals surface area contributed by atoms with E-state index < -0.39 is 5.97 Å². The molecule has 1 heterocycles. The Morgan fingerprint density at radius 3 is 2.70 bits per heavy atom. The zero-order chi connectivity index (χ0) is 14.7. The Morgan fingerprint density at radius 2 is 2.05 bits per heavy atom. The minimum Gasteiger partial charge on any atom is -0.478 e. The van der Waals surface area contributed by atoms with Gasteiger partial charge >= 0.3 is 5.97 Å². The predicted octanol–water partition coefficient (Wildman–Crippen LogP) is 2.40. The van der Waals surface area contributed by atoms with E-state index in [1.807, 2.05) is 0 Å². The lowest BCUT2D eigenvalue weighted by molar-refractivity contribution is 0.0269. The summed E-state index contributed by atoms with van der Waals surface area (Å²) in [6, 6.07) is 4.53. The standard InChI is InChI=1S/C14H16BrNO4/c1-20-12-3-2-4-16(8-12)13(17)9-5-10(14(18)19)7-11(15)6-9/h5-7,12H,2-4,8H2,1H3,(H,18,19). The van der Waals surface area contributed by atoms with Gasteiger partial charge in [0.1, 0.15) is 0 Å². The van der Waals surface area contributed by atoms with Crippen LogP contribution in [0.25, 0.3) is 0 Å². The van der Waals surface area contributed by atoms with E-state index in [-0.39, 0.29) is 17.6 Å². The van der Waals surface area contributed by atoms with Crippen LogP contribution in [-0.2, 0) is 4.74 Å². The number of likely N-dealkylation sites (tertiary alicyclic amines) is 1. The first-order chi connectivity index (χ1) is 9.51. The van der Waals surface area contributed by atoms with Crippen molar-refractivity contribution in [2.45, 2.75) is 18.9 Å². The molecule has 6 heteroatoms. The number of nitrogens with zero attached hydrogens (tertiary/aromatic N) is 1. The summed E-state index contributed by atoms with van der Waals surface area (Å²) in [4.78, 5) is 25.2. The molecule has 1 aliphatic rings. The fourth-order valence-corrected chi connectivity index (χ4v) is 2.83. The lowest BCUT2D eigenvalue weighted by atomic mass is 10.1. The molecule has 108 valence electrons. The third kappa shape index (κ3) is 3.37. The highest BCUT2D eigenvalue weighted by Crippen LogP contribution is 2.20. The van der Waals surface area contributed by atoms with Crippen molar-refractivity contribution in [2.24, 2.45) is 0 Å². The summed E-state index contributed by atoms with van der Waals surface area (Å²) in [6.07, 6.45) is 1.89. The molecule has 1 saturated heterocycles. The van der Waals surface area contributed by atoms with Crippen LogP contribution < -0.4 is 0 Å². The van der Waals surface area contributed by atoms with Gasteiger partial charge in [-0.1, -0.05) is 15.9 Å². The number of carboxylic acid groups (broad SMARTS) is 1. The summed E-state index contributed by atoms with van der Waals surface area (Å²) in [5.41, 5.74) is 0.483. The molecule has 2 rings (SSSR count). The second-order valence-electron chi connectivity index (χ2n) is 4.78. The fraction of sp³-hybridized carbons (Fsp3) is 0.429. The van der Waals surface area contributed by atoms with Crippen LogP contribution in [0.2, 0.25) is 0 Å². The molecular weight excluding hydrogens is 326 g/mol. The topological polar surface area (TPSA) is 66.8 Å². The highest BCUT2D eigenvalue weighted by Gasteiger charge is 2.25. The van der Waals surface area contributed by atoms with Crippen LogP contribution in [-0.4, -0.2) is 48.2 Å². The molecule has 1 atom stereocenters. The van der Waals surface area contributed by atoms with Crippen molar-refractivity contribution in [1.82, 2.24) is 4.90 Å². The zero-order valence-corrected chi connectivity index (χ0v) is 12.7. The Morgan fingerprint density at radius 1 is 1.35 bits per heavy atom. The van der Waals surface area contributed by atoms with E-state index >= 15 is 0 Å². The Kier molecular flexibility index (Phi) is 4.77. The number of hydrogen-bond acceptors (Lipinski definition) is 3. The minimum absolute atomic E-state index is 0.0544. The molecule has 5 nitrogen and oxygen atoms in total. The number of ether oxygens (including phenoxy) is 1. The maximum absolute atomic E-state index is 12.4. The number of amides is 1. The smallest absolute Gasteiger partial charge is 0.335 e. The molecule has 0 radical (unpaired) electrons. The zero-order valence-electron chi connectivity index (χ0n) is 11.1. The molecule has 1 amide bonds. The number of benzene rings is 1. The molecule has 1 aromatic carbocycles. The monoisotopic (exact) mass is 341 g/mol. The second-order valence-corrected chi connectivity index (χ2v) is 5.70. The first-order valence-electron chi connectivity index (χ1n) is 6.37. The Balaban J connectivity index is 2.22. The van der Waals surface area contributed by atoms with Crippen LogP contribution in [0.3, 0.4) is 0 Å². The third-order valence-corrected chi connectivity index (χ3v) is 3.85. The number of carbonyl (C=O) groups excluding carboxylic acids is 1. The summed E-state index contributed by atoms with van der Waals surface area (Å²) in [6.45, 7) is 1.22. The van der Waals surface area contributed by atoms with E-state index in [1.54, 1.807) is 18.1 Å². The van der Waals surface area contributed by atoms with Crippen molar-refractivity contribution in [2.75, 3.05) is 20.2 Å². The Hall–Kier alpha value is -1.40. The maximum Gasteiger partial charge on any atom is 0.335 e. The number of halogens is 1. The molecule has 0 aliphatic carbocycles. The van der Waals surface area contributed by atoms with Crippen LogP contribution in [0.5, 0.6) is 0 Å². The maximum atomic E-state index is 12.4. The van der Waals surface area contributed by atoms with Crippen molar-refractivity contribution in [3.8, 4) is 0 Å². The molecule has 0 aromatic heterocycles. The Labute approximate surface area is 125 Å². The number of rotatable bonds is 3. The molecule has 1 N–H and O–H groups in total. The molecule has 1 aromatic rings. The van der Waals surface area contributed by atoms with Crippen LogP contribution >= 0.6 is 15.9 Å². The molecule has 0 bridgehead atoms. The van der Waals surface area contributed by atoms with Crippen LogP contribution in [0, 0.1) is 0 Å². The van der Waals surface area contributed by atoms with Gasteiger partial charge in [0.2, 0.25) is 0 Å². The van der Waals surface area contributed by atoms with Gasteiger partial charge in [-0.15, -0.1) is 0 Å². The van der Waals surface area contributed by atoms with Gasteiger partial charge in [0.25, 0.3) is 5.91 Å². The molecular formula is C14H16BrNO4. The minimum atomic E-state index is -1.05. The van der Waals surface area contributed by atoms with Gasteiger partial charge in [-0.2, -0.15) is 0 Å². The van der Waals surface area contributed by atoms with Gasteiger partial charge in [0.05, 0.1) is 11.7 Å². The van der Waals surface area contributed by atoms with Crippen molar-refractivity contribution in [1.29, 1.82) is 0 Å². The van der Waals surface area contributed by atoms with Crippen molar-refractivity contribution in [3.05, 3.63) is 33.8 Å². The third-order valence-electron chi connectivity index (χ3n) is 3.39. The second kappa shape index (κ2) is 6.37. The number of carbonyl (C=O) groups is 2. The van der Waals surface area contributed by atoms with E-state index in [4.69, 9.17) is 9.84 Å². The van der Waals surface area contributed by atoms with Gasteiger partial charge in [0.15, 0.2) is 0 Å². The van der Waals surface area contributed by atoms with Crippen LogP contribution in [0.15, 0.2) is 22.7 Å². The van der Waals surface area contributed by atoms with Gasteiger partial charge in [-0.3, -0.25) is 4.79 Å². The molecule has 1 unspecified atom stereocenters. The highest BCUT2D eigenvalue weighted by atomic mass is 79.9. The molecule has 1 aliphatic heterocycles. The summed E-state index contributed by atoms with van der Waals surface area (Å²) in [5.74, 6) is -1.20. The normalized spacial score (nSPS) is 18.9.